The van der Waals surface area contributed by atoms with Crippen molar-refractivity contribution in [1.29, 1.82) is 0 Å². The first-order valence-corrected chi connectivity index (χ1v) is 4.06. The molecule has 10 heteroatoms. The van der Waals surface area contributed by atoms with Crippen LogP contribution in [-0.2, 0) is 0 Å². The van der Waals surface area contributed by atoms with Gasteiger partial charge in [-0.2, -0.15) is 0 Å². The van der Waals surface area contributed by atoms with E-state index in [9.17, 15) is 30.1 Å². The van der Waals surface area contributed by atoms with E-state index < -0.39 is 37.8 Å². The number of carboxylic acid groups (broad SMARTS) is 1. The molecule has 0 aromatic heterocycles. The fraction of sp³-hybridized carbons (Fsp3) is 0. The molecule has 0 spiro atoms. The van der Waals surface area contributed by atoms with E-state index in [4.69, 9.17) is 11.6 Å². The van der Waals surface area contributed by atoms with Gasteiger partial charge < -0.3 is 9.90 Å². The Kier molecular flexibility index (Phi) is 5.49. The summed E-state index contributed by atoms with van der Waals surface area (Å²) >= 11 is 5.39. The second kappa shape index (κ2) is 5.92. The Labute approximate surface area is 121 Å². The van der Waals surface area contributed by atoms with Crippen LogP contribution in [0.5, 0.6) is 0 Å². The number of nitro groups is 2. The zero-order valence-electron chi connectivity index (χ0n) is 8.38. The second-order valence-corrected chi connectivity index (χ2v) is 3.01. The molecule has 1 aromatic carbocycles. The third kappa shape index (κ3) is 3.37. The Bertz CT molecular complexity index is 470. The van der Waals surface area contributed by atoms with Crippen molar-refractivity contribution in [2.45, 2.75) is 0 Å². The van der Waals surface area contributed by atoms with Crippen LogP contribution in [0.1, 0.15) is 10.4 Å². The van der Waals surface area contributed by atoms with Gasteiger partial charge in [-0.3, -0.25) is 20.2 Å². The molecular weight excluding hydrogens is 267 g/mol. The normalized spacial score (nSPS) is 9.24. The topological polar surface area (TPSA) is 126 Å². The maximum Gasteiger partial charge on any atom is 1.00 e. The van der Waals surface area contributed by atoms with Gasteiger partial charge in [0, 0.05) is 11.6 Å². The number of carboxylic acids is 1. The molecule has 1 rings (SSSR count). The van der Waals surface area contributed by atoms with E-state index in [0.717, 1.165) is 0 Å². The summed E-state index contributed by atoms with van der Waals surface area (Å²) in [7, 11) is 0. The van der Waals surface area contributed by atoms with Crippen LogP contribution < -0.4 is 34.7 Å². The number of nitrogens with zero attached hydrogens (tertiary/aromatic N) is 2. The van der Waals surface area contributed by atoms with Crippen LogP contribution in [0.3, 0.4) is 0 Å². The molecule has 0 unspecified atom stereocenters. The van der Waals surface area contributed by atoms with E-state index in [0.29, 0.717) is 12.1 Å². The van der Waals surface area contributed by atoms with Crippen molar-refractivity contribution in [3.63, 3.8) is 0 Å². The summed E-state index contributed by atoms with van der Waals surface area (Å²) in [6.45, 7) is 0. The molecule has 17 heavy (non-hydrogen) atoms. The standard InChI is InChI=1S/C7H3ClN2O6.Na/c8-6-4(7(11)12)1-3(9(13)14)2-5(6)10(15)16;/h1-2H,(H,11,12);/q;+1/p-1. The monoisotopic (exact) mass is 268 g/mol. The van der Waals surface area contributed by atoms with E-state index in [2.05, 4.69) is 0 Å². The van der Waals surface area contributed by atoms with Gasteiger partial charge in [-0.15, -0.1) is 0 Å². The largest absolute Gasteiger partial charge is 1.00 e. The molecule has 0 aliphatic carbocycles. The third-order valence-corrected chi connectivity index (χ3v) is 2.06. The first kappa shape index (κ1) is 15.8. The van der Waals surface area contributed by atoms with Gasteiger partial charge in [-0.25, -0.2) is 0 Å². The molecule has 84 valence electrons. The summed E-state index contributed by atoms with van der Waals surface area (Å²) in [5.41, 5.74) is -2.38. The van der Waals surface area contributed by atoms with E-state index in [1.54, 1.807) is 0 Å². The molecule has 0 saturated carbocycles. The van der Waals surface area contributed by atoms with Gasteiger partial charge >= 0.3 is 29.6 Å². The van der Waals surface area contributed by atoms with E-state index in [1.807, 2.05) is 0 Å². The summed E-state index contributed by atoms with van der Waals surface area (Å²) in [6, 6.07) is 1.18. The molecule has 0 aliphatic heterocycles. The Morgan fingerprint density at radius 2 is 1.71 bits per heavy atom. The molecule has 0 N–H and O–H groups in total. The molecule has 0 saturated heterocycles. The summed E-state index contributed by atoms with van der Waals surface area (Å²) in [4.78, 5) is 29.4. The van der Waals surface area contributed by atoms with Gasteiger partial charge in [0.1, 0.15) is 5.02 Å². The van der Waals surface area contributed by atoms with Crippen molar-refractivity contribution in [2.24, 2.45) is 0 Å². The number of carbonyl (C=O) groups excluding carboxylic acids is 1. The SMILES string of the molecule is O=C([O-])c1cc([N+](=O)[O-])cc([N+](=O)[O-])c1Cl.[Na+]. The maximum atomic E-state index is 10.5. The molecule has 0 atom stereocenters. The number of nitro benzene ring substituents is 2. The number of non-ortho nitro benzene ring substituents is 1. The first-order chi connectivity index (χ1) is 7.34. The van der Waals surface area contributed by atoms with Crippen LogP contribution >= 0.6 is 11.6 Å². The van der Waals surface area contributed by atoms with E-state index in [1.165, 1.54) is 0 Å². The van der Waals surface area contributed by atoms with Gasteiger partial charge in [-0.05, 0) is 0 Å². The number of halogens is 1. The van der Waals surface area contributed by atoms with Crippen molar-refractivity contribution in [1.82, 2.24) is 0 Å². The number of hydrogen-bond donors (Lipinski definition) is 0. The molecule has 1 aromatic rings. The van der Waals surface area contributed by atoms with Crippen molar-refractivity contribution < 1.29 is 49.3 Å². The van der Waals surface area contributed by atoms with Gasteiger partial charge in [0.05, 0.1) is 21.9 Å². The molecule has 0 aliphatic rings. The molecule has 8 nitrogen and oxygen atoms in total. The number of aromatic carboxylic acids is 1. The Balaban J connectivity index is 0.00000256. The minimum Gasteiger partial charge on any atom is -0.545 e. The van der Waals surface area contributed by atoms with Crippen LogP contribution in [0.25, 0.3) is 0 Å². The fourth-order valence-electron chi connectivity index (χ4n) is 0.981. The maximum absolute atomic E-state index is 10.5. The number of hydrogen-bond acceptors (Lipinski definition) is 6. The van der Waals surface area contributed by atoms with Gasteiger partial charge in [0.25, 0.3) is 11.4 Å². The smallest absolute Gasteiger partial charge is 0.545 e. The number of carbonyl (C=O) groups is 1. The van der Waals surface area contributed by atoms with Gasteiger partial charge in [-0.1, -0.05) is 11.6 Å². The van der Waals surface area contributed by atoms with Crippen molar-refractivity contribution >= 4 is 28.9 Å². The third-order valence-electron chi connectivity index (χ3n) is 1.67. The summed E-state index contributed by atoms with van der Waals surface area (Å²) in [5.74, 6) is -1.82. The summed E-state index contributed by atoms with van der Waals surface area (Å²) in [5, 5.41) is 30.7. The molecule has 0 fully saturated rings. The molecular formula is C7H2ClN2NaO6. The summed E-state index contributed by atoms with van der Waals surface area (Å²) in [6.07, 6.45) is 0. The zero-order valence-corrected chi connectivity index (χ0v) is 11.1. The Hall–Kier alpha value is -1.22. The predicted octanol–water partition coefficient (Wildman–Crippen LogP) is -2.48. The quantitative estimate of drug-likeness (QED) is 0.339. The average molecular weight is 269 g/mol. The van der Waals surface area contributed by atoms with Crippen LogP contribution in [0.4, 0.5) is 11.4 Å². The van der Waals surface area contributed by atoms with E-state index in [-0.39, 0.29) is 29.6 Å². The van der Waals surface area contributed by atoms with Crippen LogP contribution in [0.2, 0.25) is 5.02 Å². The minimum absolute atomic E-state index is 0. The second-order valence-electron chi connectivity index (χ2n) is 2.63. The first-order valence-electron chi connectivity index (χ1n) is 3.68. The van der Waals surface area contributed by atoms with Crippen molar-refractivity contribution in [3.8, 4) is 0 Å². The van der Waals surface area contributed by atoms with Crippen LogP contribution in [0, 0.1) is 20.2 Å². The van der Waals surface area contributed by atoms with Crippen LogP contribution in [0.15, 0.2) is 12.1 Å². The number of rotatable bonds is 3. The van der Waals surface area contributed by atoms with E-state index >= 15 is 0 Å². The molecule has 0 heterocycles. The number of benzene rings is 1. The molecule has 0 radical (unpaired) electrons. The van der Waals surface area contributed by atoms with Gasteiger partial charge in [0.15, 0.2) is 0 Å². The zero-order chi connectivity index (χ0) is 12.5. The van der Waals surface area contributed by atoms with Crippen LogP contribution in [-0.4, -0.2) is 15.8 Å². The average Bonchev–Trinajstić information content (AvgIpc) is 2.16. The van der Waals surface area contributed by atoms with Gasteiger partial charge in [0.2, 0.25) is 0 Å². The molecule has 0 bridgehead atoms. The van der Waals surface area contributed by atoms with Crippen molar-refractivity contribution in [3.05, 3.63) is 42.9 Å². The fourth-order valence-corrected chi connectivity index (χ4v) is 1.24. The Morgan fingerprint density at radius 1 is 1.18 bits per heavy atom. The Morgan fingerprint density at radius 3 is 2.06 bits per heavy atom. The summed E-state index contributed by atoms with van der Waals surface area (Å²) < 4.78 is 0. The minimum atomic E-state index is -1.82. The molecule has 0 amide bonds. The van der Waals surface area contributed by atoms with Crippen molar-refractivity contribution in [2.75, 3.05) is 0 Å². The predicted molar refractivity (Wildman–Crippen MR) is 49.1 cm³/mol.